The van der Waals surface area contributed by atoms with Crippen molar-refractivity contribution in [3.8, 4) is 0 Å². The molecule has 4 N–H and O–H groups in total. The van der Waals surface area contributed by atoms with E-state index in [0.29, 0.717) is 25.4 Å². The van der Waals surface area contributed by atoms with Gasteiger partial charge in [-0.1, -0.05) is 18.2 Å². The van der Waals surface area contributed by atoms with E-state index in [4.69, 9.17) is 15.2 Å². The Morgan fingerprint density at radius 2 is 2.04 bits per heavy atom. The van der Waals surface area contributed by atoms with E-state index in [1.54, 1.807) is 6.20 Å². The first-order chi connectivity index (χ1) is 13.3. The number of carbonyl (C=O) groups is 1. The fourth-order valence-corrected chi connectivity index (χ4v) is 2.83. The Hall–Kier alpha value is -2.54. The van der Waals surface area contributed by atoms with Crippen LogP contribution in [-0.4, -0.2) is 42.5 Å². The third-order valence-corrected chi connectivity index (χ3v) is 4.07. The van der Waals surface area contributed by atoms with Crippen LogP contribution in [-0.2, 0) is 9.47 Å². The summed E-state index contributed by atoms with van der Waals surface area (Å²) >= 11 is 0. The smallest absolute Gasteiger partial charge is 0.407 e. The minimum atomic E-state index is -0.497. The molecule has 0 spiro atoms. The highest BCUT2D eigenvalue weighted by molar-refractivity contribution is 5.96. The predicted octanol–water partition coefficient (Wildman–Crippen LogP) is 3.94. The van der Waals surface area contributed by atoms with Crippen LogP contribution in [0.5, 0.6) is 0 Å². The largest absolute Gasteiger partial charge is 0.444 e. The van der Waals surface area contributed by atoms with Crippen LogP contribution < -0.4 is 16.4 Å². The number of alkyl carbamates (subject to hydrolysis) is 1. The van der Waals surface area contributed by atoms with Crippen molar-refractivity contribution in [2.75, 3.05) is 30.8 Å². The highest BCUT2D eigenvalue weighted by Gasteiger charge is 2.16. The number of hydrogen-bond acceptors (Lipinski definition) is 6. The molecule has 7 heteroatoms. The number of amides is 1. The zero-order valence-electron chi connectivity index (χ0n) is 17.2. The summed E-state index contributed by atoms with van der Waals surface area (Å²) in [6.07, 6.45) is 2.87. The molecule has 1 heterocycles. The number of anilines is 2. The Kier molecular flexibility index (Phi) is 7.87. The molecule has 7 nitrogen and oxygen atoms in total. The van der Waals surface area contributed by atoms with Gasteiger partial charge in [0.05, 0.1) is 29.7 Å². The molecular weight excluding hydrogens is 356 g/mol. The van der Waals surface area contributed by atoms with Gasteiger partial charge in [0, 0.05) is 24.6 Å². The Balaban J connectivity index is 1.97. The molecule has 0 radical (unpaired) electrons. The maximum Gasteiger partial charge on any atom is 0.407 e. The summed E-state index contributed by atoms with van der Waals surface area (Å²) in [7, 11) is 0. The lowest BCUT2D eigenvalue weighted by Gasteiger charge is -2.22. The molecule has 0 bridgehead atoms. The van der Waals surface area contributed by atoms with E-state index in [-0.39, 0.29) is 6.04 Å². The van der Waals surface area contributed by atoms with Crippen molar-refractivity contribution in [3.05, 3.63) is 30.5 Å². The fourth-order valence-electron chi connectivity index (χ4n) is 2.83. The lowest BCUT2D eigenvalue weighted by atomic mass is 10.1. The number of ether oxygens (including phenoxy) is 2. The molecule has 0 aliphatic carbocycles. The molecule has 1 aromatic carbocycles. The minimum Gasteiger partial charge on any atom is -0.444 e. The van der Waals surface area contributed by atoms with Gasteiger partial charge >= 0.3 is 6.09 Å². The topological polar surface area (TPSA) is 98.5 Å². The zero-order chi connectivity index (χ0) is 20.6. The molecule has 1 amide bonds. The lowest BCUT2D eigenvalue weighted by molar-refractivity contribution is 0.0526. The molecule has 28 heavy (non-hydrogen) atoms. The molecule has 0 fully saturated rings. The van der Waals surface area contributed by atoms with E-state index in [9.17, 15) is 4.79 Å². The van der Waals surface area contributed by atoms with Gasteiger partial charge in [0.25, 0.3) is 0 Å². The predicted molar refractivity (Wildman–Crippen MR) is 114 cm³/mol. The standard InChI is InChI=1S/C21H32N4O3/c1-5-27-14-15(9-8-12-23-20(26)28-21(2,3)4)25-19-16-10-6-7-11-18(16)24-13-17(19)22/h6-7,10-11,13,15H,5,8-9,12,14,22H2,1-4H3,(H,23,26)(H,24,25). The number of nitrogens with two attached hydrogens (primary N) is 1. The van der Waals surface area contributed by atoms with E-state index in [0.717, 1.165) is 29.4 Å². The highest BCUT2D eigenvalue weighted by Crippen LogP contribution is 2.28. The van der Waals surface area contributed by atoms with Crippen molar-refractivity contribution < 1.29 is 14.3 Å². The third-order valence-electron chi connectivity index (χ3n) is 4.07. The maximum atomic E-state index is 11.8. The van der Waals surface area contributed by atoms with Gasteiger partial charge in [0.15, 0.2) is 0 Å². The monoisotopic (exact) mass is 388 g/mol. The molecular formula is C21H32N4O3. The number of fused-ring (bicyclic) bond motifs is 1. The van der Waals surface area contributed by atoms with Gasteiger partial charge in [-0.25, -0.2) is 4.79 Å². The average Bonchev–Trinajstić information content (AvgIpc) is 2.63. The first-order valence-electron chi connectivity index (χ1n) is 9.74. The number of nitrogens with one attached hydrogen (secondary N) is 2. The van der Waals surface area contributed by atoms with Crippen LogP contribution in [0.2, 0.25) is 0 Å². The molecule has 0 aliphatic rings. The second kappa shape index (κ2) is 10.1. The van der Waals surface area contributed by atoms with Gasteiger partial charge in [0.2, 0.25) is 0 Å². The van der Waals surface area contributed by atoms with E-state index in [1.165, 1.54) is 0 Å². The summed E-state index contributed by atoms with van der Waals surface area (Å²) < 4.78 is 10.9. The Morgan fingerprint density at radius 3 is 2.75 bits per heavy atom. The molecule has 1 aromatic heterocycles. The number of pyridine rings is 1. The summed E-state index contributed by atoms with van der Waals surface area (Å²) in [4.78, 5) is 16.1. The van der Waals surface area contributed by atoms with E-state index < -0.39 is 11.7 Å². The summed E-state index contributed by atoms with van der Waals surface area (Å²) in [6.45, 7) is 9.23. The summed E-state index contributed by atoms with van der Waals surface area (Å²) in [5.41, 5.74) is 8.04. The van der Waals surface area contributed by atoms with Crippen LogP contribution in [0.3, 0.4) is 0 Å². The van der Waals surface area contributed by atoms with E-state index >= 15 is 0 Å². The van der Waals surface area contributed by atoms with Gasteiger partial charge < -0.3 is 25.8 Å². The van der Waals surface area contributed by atoms with Crippen molar-refractivity contribution in [1.29, 1.82) is 0 Å². The number of nitrogens with zero attached hydrogens (tertiary/aromatic N) is 1. The SMILES string of the molecule is CCOCC(CCCNC(=O)OC(C)(C)C)Nc1c(N)cnc2ccccc12. The van der Waals surface area contributed by atoms with Crippen LogP contribution in [0.15, 0.2) is 30.5 Å². The number of rotatable bonds is 9. The summed E-state index contributed by atoms with van der Waals surface area (Å²) in [6, 6.07) is 7.95. The van der Waals surface area contributed by atoms with Gasteiger partial charge in [0.1, 0.15) is 5.60 Å². The molecule has 154 valence electrons. The normalized spacial score (nSPS) is 12.6. The van der Waals surface area contributed by atoms with Crippen LogP contribution in [0.25, 0.3) is 10.9 Å². The Labute approximate surface area is 167 Å². The number of carbonyl (C=O) groups excluding carboxylic acids is 1. The van der Waals surface area contributed by atoms with Crippen molar-refractivity contribution in [2.45, 2.75) is 52.2 Å². The van der Waals surface area contributed by atoms with Gasteiger partial charge in [-0.2, -0.15) is 0 Å². The fraction of sp³-hybridized carbons (Fsp3) is 0.524. The highest BCUT2D eigenvalue weighted by atomic mass is 16.6. The first-order valence-corrected chi connectivity index (χ1v) is 9.74. The molecule has 0 aliphatic heterocycles. The molecule has 1 unspecified atom stereocenters. The van der Waals surface area contributed by atoms with Crippen LogP contribution >= 0.6 is 0 Å². The minimum absolute atomic E-state index is 0.0634. The number of aromatic nitrogens is 1. The number of para-hydroxylation sites is 1. The van der Waals surface area contributed by atoms with Gasteiger partial charge in [-0.05, 0) is 46.6 Å². The molecule has 1 atom stereocenters. The van der Waals surface area contributed by atoms with E-state index in [1.807, 2.05) is 52.0 Å². The quantitative estimate of drug-likeness (QED) is 0.563. The van der Waals surface area contributed by atoms with E-state index in [2.05, 4.69) is 15.6 Å². The second-order valence-electron chi connectivity index (χ2n) is 7.68. The Morgan fingerprint density at radius 1 is 1.29 bits per heavy atom. The number of nitrogen functional groups attached to an aromatic ring is 1. The van der Waals surface area contributed by atoms with Crippen LogP contribution in [0.4, 0.5) is 16.2 Å². The summed E-state index contributed by atoms with van der Waals surface area (Å²) in [5, 5.41) is 7.29. The van der Waals surface area contributed by atoms with Gasteiger partial charge in [-0.15, -0.1) is 0 Å². The summed E-state index contributed by atoms with van der Waals surface area (Å²) in [5.74, 6) is 0. The van der Waals surface area contributed by atoms with Crippen molar-refractivity contribution >= 4 is 28.4 Å². The lowest BCUT2D eigenvalue weighted by Crippen LogP contribution is -2.34. The van der Waals surface area contributed by atoms with Gasteiger partial charge in [-0.3, -0.25) is 4.98 Å². The maximum absolute atomic E-state index is 11.8. The van der Waals surface area contributed by atoms with Crippen molar-refractivity contribution in [2.24, 2.45) is 0 Å². The zero-order valence-corrected chi connectivity index (χ0v) is 17.2. The second-order valence-corrected chi connectivity index (χ2v) is 7.68. The molecule has 2 aromatic rings. The number of hydrogen-bond donors (Lipinski definition) is 3. The van der Waals surface area contributed by atoms with Crippen molar-refractivity contribution in [1.82, 2.24) is 10.3 Å². The van der Waals surface area contributed by atoms with Crippen molar-refractivity contribution in [3.63, 3.8) is 0 Å². The molecule has 0 saturated heterocycles. The van der Waals surface area contributed by atoms with Crippen LogP contribution in [0.1, 0.15) is 40.5 Å². The Bertz CT molecular complexity index is 774. The molecule has 2 rings (SSSR count). The first kappa shape index (κ1) is 21.8. The third kappa shape index (κ3) is 6.88. The van der Waals surface area contributed by atoms with Crippen LogP contribution in [0, 0.1) is 0 Å². The average molecular weight is 389 g/mol. The molecule has 0 saturated carbocycles. The number of benzene rings is 1.